The molecule has 0 aliphatic heterocycles. The van der Waals surface area contributed by atoms with Crippen LogP contribution in [-0.2, 0) is 6.18 Å². The van der Waals surface area contributed by atoms with Gasteiger partial charge in [-0.05, 0) is 48.8 Å². The van der Waals surface area contributed by atoms with Gasteiger partial charge in [-0.3, -0.25) is 0 Å². The third-order valence-corrected chi connectivity index (χ3v) is 4.64. The first-order chi connectivity index (χ1) is 9.58. The Morgan fingerprint density at radius 2 is 1.95 bits per heavy atom. The minimum atomic E-state index is -4.36. The Bertz CT molecular complexity index is 511. The van der Waals surface area contributed by atoms with Crippen LogP contribution in [0.5, 0.6) is 0 Å². The second kappa shape index (κ2) is 5.71. The van der Waals surface area contributed by atoms with Gasteiger partial charge in [-0.15, -0.1) is 0 Å². The number of hydrogen-bond acceptors (Lipinski definition) is 1. The van der Waals surface area contributed by atoms with E-state index in [2.05, 4.69) is 26.1 Å². The lowest BCUT2D eigenvalue weighted by Crippen LogP contribution is -2.36. The molecule has 5 heteroatoms. The van der Waals surface area contributed by atoms with Gasteiger partial charge in [-0.25, -0.2) is 0 Å². The summed E-state index contributed by atoms with van der Waals surface area (Å²) in [6.07, 6.45) is -1.15. The van der Waals surface area contributed by atoms with Crippen LogP contribution < -0.4 is 5.32 Å². The minimum absolute atomic E-state index is 0.127. The molecular weight excluding hydrogens is 299 g/mol. The number of hydrogen-bond donors (Lipinski definition) is 1. The Labute approximate surface area is 128 Å². The van der Waals surface area contributed by atoms with E-state index in [9.17, 15) is 13.2 Å². The molecule has 0 radical (unpaired) electrons. The van der Waals surface area contributed by atoms with Crippen molar-refractivity contribution in [3.63, 3.8) is 0 Å². The third kappa shape index (κ3) is 4.06. The molecule has 2 unspecified atom stereocenters. The van der Waals surface area contributed by atoms with Crippen LogP contribution in [0.4, 0.5) is 18.9 Å². The van der Waals surface area contributed by atoms with Gasteiger partial charge < -0.3 is 5.32 Å². The largest absolute Gasteiger partial charge is 0.416 e. The SMILES string of the molecule is CC1CC(C)(C)CCC1Nc1ccc(C(F)(F)F)cc1Cl. The van der Waals surface area contributed by atoms with E-state index in [1.807, 2.05) is 0 Å². The van der Waals surface area contributed by atoms with Gasteiger partial charge in [-0.1, -0.05) is 32.4 Å². The number of alkyl halides is 3. The van der Waals surface area contributed by atoms with Crippen LogP contribution in [0.3, 0.4) is 0 Å². The summed E-state index contributed by atoms with van der Waals surface area (Å²) < 4.78 is 37.9. The lowest BCUT2D eigenvalue weighted by Gasteiger charge is -2.40. The predicted octanol–water partition coefficient (Wildman–Crippen LogP) is 5.99. The molecule has 1 aliphatic carbocycles. The topological polar surface area (TPSA) is 12.0 Å². The van der Waals surface area contributed by atoms with Crippen LogP contribution in [0.25, 0.3) is 0 Å². The number of nitrogens with one attached hydrogen (secondary N) is 1. The van der Waals surface area contributed by atoms with Gasteiger partial charge in [0.15, 0.2) is 0 Å². The van der Waals surface area contributed by atoms with Crippen molar-refractivity contribution in [3.05, 3.63) is 28.8 Å². The molecule has 2 atom stereocenters. The highest BCUT2D eigenvalue weighted by molar-refractivity contribution is 6.33. The van der Waals surface area contributed by atoms with Crippen molar-refractivity contribution < 1.29 is 13.2 Å². The molecule has 118 valence electrons. The van der Waals surface area contributed by atoms with Gasteiger partial charge in [0.25, 0.3) is 0 Å². The summed E-state index contributed by atoms with van der Waals surface area (Å²) in [4.78, 5) is 0. The monoisotopic (exact) mass is 319 g/mol. The van der Waals surface area contributed by atoms with E-state index in [0.717, 1.165) is 31.4 Å². The van der Waals surface area contributed by atoms with Crippen molar-refractivity contribution in [1.29, 1.82) is 0 Å². The standard InChI is InChI=1S/C16H21ClF3N/c1-10-9-15(2,3)7-6-13(10)21-14-5-4-11(8-12(14)17)16(18,19)20/h4-5,8,10,13,21H,6-7,9H2,1-3H3. The molecule has 1 aliphatic rings. The maximum Gasteiger partial charge on any atom is 0.416 e. The van der Waals surface area contributed by atoms with Gasteiger partial charge in [-0.2, -0.15) is 13.2 Å². The molecule has 2 rings (SSSR count). The predicted molar refractivity (Wildman–Crippen MR) is 80.7 cm³/mol. The lowest BCUT2D eigenvalue weighted by molar-refractivity contribution is -0.137. The van der Waals surface area contributed by atoms with Gasteiger partial charge in [0, 0.05) is 6.04 Å². The van der Waals surface area contributed by atoms with Gasteiger partial charge in [0.05, 0.1) is 16.3 Å². The van der Waals surface area contributed by atoms with Gasteiger partial charge in [0.2, 0.25) is 0 Å². The molecule has 1 fully saturated rings. The highest BCUT2D eigenvalue weighted by Gasteiger charge is 2.33. The fraction of sp³-hybridized carbons (Fsp3) is 0.625. The molecule has 0 amide bonds. The van der Waals surface area contributed by atoms with E-state index in [1.54, 1.807) is 0 Å². The fourth-order valence-electron chi connectivity index (χ4n) is 3.17. The number of halogens is 4. The first-order valence-electron chi connectivity index (χ1n) is 7.22. The maximum atomic E-state index is 12.6. The second-order valence-corrected chi connectivity index (χ2v) is 7.23. The number of benzene rings is 1. The van der Waals surface area contributed by atoms with Gasteiger partial charge in [0.1, 0.15) is 0 Å². The van der Waals surface area contributed by atoms with Crippen LogP contribution in [-0.4, -0.2) is 6.04 Å². The summed E-state index contributed by atoms with van der Waals surface area (Å²) in [5.41, 5.74) is 0.207. The first kappa shape index (κ1) is 16.5. The van der Waals surface area contributed by atoms with Crippen LogP contribution >= 0.6 is 11.6 Å². The highest BCUT2D eigenvalue weighted by atomic mass is 35.5. The molecule has 1 aromatic carbocycles. The molecule has 0 aromatic heterocycles. The molecule has 21 heavy (non-hydrogen) atoms. The molecule has 1 nitrogen and oxygen atoms in total. The highest BCUT2D eigenvalue weighted by Crippen LogP contribution is 2.40. The summed E-state index contributed by atoms with van der Waals surface area (Å²) >= 11 is 6.00. The average Bonchev–Trinajstić information content (AvgIpc) is 2.32. The molecular formula is C16H21ClF3N. The van der Waals surface area contributed by atoms with Crippen molar-refractivity contribution in [2.24, 2.45) is 11.3 Å². The van der Waals surface area contributed by atoms with Crippen LogP contribution in [0.15, 0.2) is 18.2 Å². The van der Waals surface area contributed by atoms with E-state index < -0.39 is 11.7 Å². The van der Waals surface area contributed by atoms with E-state index in [1.165, 1.54) is 6.07 Å². The van der Waals surface area contributed by atoms with Crippen molar-refractivity contribution in [1.82, 2.24) is 0 Å². The summed E-state index contributed by atoms with van der Waals surface area (Å²) in [5.74, 6) is 0.465. The smallest absolute Gasteiger partial charge is 0.381 e. The van der Waals surface area contributed by atoms with E-state index >= 15 is 0 Å². The Kier molecular flexibility index (Phi) is 4.48. The van der Waals surface area contributed by atoms with E-state index in [-0.39, 0.29) is 11.1 Å². The van der Waals surface area contributed by atoms with Gasteiger partial charge >= 0.3 is 6.18 Å². The molecule has 1 saturated carbocycles. The molecule has 0 bridgehead atoms. The maximum absolute atomic E-state index is 12.6. The van der Waals surface area contributed by atoms with Crippen molar-refractivity contribution in [2.45, 2.75) is 52.3 Å². The Morgan fingerprint density at radius 3 is 2.48 bits per heavy atom. The normalized spacial score (nSPS) is 25.7. The quantitative estimate of drug-likeness (QED) is 0.706. The number of rotatable bonds is 2. The van der Waals surface area contributed by atoms with Crippen molar-refractivity contribution >= 4 is 17.3 Å². The van der Waals surface area contributed by atoms with Crippen LogP contribution in [0, 0.1) is 11.3 Å². The Morgan fingerprint density at radius 1 is 1.29 bits per heavy atom. The average molecular weight is 320 g/mol. The minimum Gasteiger partial charge on any atom is -0.381 e. The third-order valence-electron chi connectivity index (χ3n) is 4.33. The zero-order valence-corrected chi connectivity index (χ0v) is 13.3. The summed E-state index contributed by atoms with van der Waals surface area (Å²) in [5, 5.41) is 3.44. The number of anilines is 1. The molecule has 0 spiro atoms. The zero-order valence-electron chi connectivity index (χ0n) is 12.5. The fourth-order valence-corrected chi connectivity index (χ4v) is 3.40. The summed E-state index contributed by atoms with van der Waals surface area (Å²) in [6.45, 7) is 6.69. The summed E-state index contributed by atoms with van der Waals surface area (Å²) in [6, 6.07) is 3.75. The van der Waals surface area contributed by atoms with Crippen LogP contribution in [0.1, 0.15) is 45.6 Å². The van der Waals surface area contributed by atoms with Crippen molar-refractivity contribution in [3.8, 4) is 0 Å². The Hall–Kier alpha value is -0.900. The van der Waals surface area contributed by atoms with E-state index in [4.69, 9.17) is 11.6 Å². The first-order valence-corrected chi connectivity index (χ1v) is 7.59. The molecule has 1 N–H and O–H groups in total. The van der Waals surface area contributed by atoms with E-state index in [0.29, 0.717) is 17.0 Å². The summed E-state index contributed by atoms with van der Waals surface area (Å²) in [7, 11) is 0. The Balaban J connectivity index is 2.10. The van der Waals surface area contributed by atoms with Crippen molar-refractivity contribution in [2.75, 3.05) is 5.32 Å². The molecule has 1 aromatic rings. The lowest BCUT2D eigenvalue weighted by atomic mass is 9.70. The second-order valence-electron chi connectivity index (χ2n) is 6.83. The molecule has 0 heterocycles. The zero-order chi connectivity index (χ0) is 15.8. The van der Waals surface area contributed by atoms with Crippen LogP contribution in [0.2, 0.25) is 5.02 Å². The molecule has 0 saturated heterocycles.